The number of nitrogens with one attached hydrogen (secondary N) is 3. The number of benzene rings is 2. The van der Waals surface area contributed by atoms with Crippen molar-refractivity contribution in [2.45, 2.75) is 91.6 Å². The lowest BCUT2D eigenvalue weighted by Crippen LogP contribution is -2.57. The molecule has 3 heterocycles. The molecule has 0 saturated carbocycles. The molecule has 0 bridgehead atoms. The van der Waals surface area contributed by atoms with Crippen molar-refractivity contribution in [2.75, 3.05) is 11.9 Å². The highest BCUT2D eigenvalue weighted by molar-refractivity contribution is 7.13. The van der Waals surface area contributed by atoms with Gasteiger partial charge in [0, 0.05) is 24.0 Å². The third-order valence-electron chi connectivity index (χ3n) is 8.42. The third kappa shape index (κ3) is 8.51. The summed E-state index contributed by atoms with van der Waals surface area (Å²) in [7, 11) is 0. The summed E-state index contributed by atoms with van der Waals surface area (Å²) >= 11 is 1.57. The fraction of sp³-hybridized carbons (Fsp3) is 0.432. The Morgan fingerprint density at radius 1 is 1.02 bits per heavy atom. The summed E-state index contributed by atoms with van der Waals surface area (Å²) in [5.41, 5.74) is 4.13. The van der Waals surface area contributed by atoms with Crippen molar-refractivity contribution in [3.63, 3.8) is 0 Å². The Balaban J connectivity index is 1.27. The largest absolute Gasteiger partial charge is 0.451 e. The van der Waals surface area contributed by atoms with E-state index in [-0.39, 0.29) is 24.8 Å². The van der Waals surface area contributed by atoms with Gasteiger partial charge in [-0.3, -0.25) is 19.7 Å². The Morgan fingerprint density at radius 3 is 2.34 bits per heavy atom. The lowest BCUT2D eigenvalue weighted by molar-refractivity contribution is -0.142. The lowest BCUT2D eigenvalue weighted by atomic mass is 9.85. The van der Waals surface area contributed by atoms with Gasteiger partial charge in [-0.05, 0) is 75.4 Å². The van der Waals surface area contributed by atoms with Gasteiger partial charge in [0.1, 0.15) is 23.3 Å². The maximum Gasteiger partial charge on any atom is 0.412 e. The summed E-state index contributed by atoms with van der Waals surface area (Å²) in [5.74, 6) is -1.53. The Hall–Kier alpha value is -4.75. The molecule has 4 atom stereocenters. The van der Waals surface area contributed by atoms with Crippen molar-refractivity contribution in [1.29, 1.82) is 0 Å². The highest BCUT2D eigenvalue weighted by Gasteiger charge is 2.45. The highest BCUT2D eigenvalue weighted by Crippen LogP contribution is 2.30. The normalized spacial score (nSPS) is 17.7. The van der Waals surface area contributed by atoms with E-state index in [1.54, 1.807) is 50.3 Å². The molecule has 5 rings (SSSR count). The van der Waals surface area contributed by atoms with E-state index in [9.17, 15) is 24.3 Å². The number of aromatic nitrogens is 1. The third-order valence-corrected chi connectivity index (χ3v) is 9.39. The maximum atomic E-state index is 14.1. The number of furan rings is 1. The molecule has 2 aromatic heterocycles. The smallest absolute Gasteiger partial charge is 0.412 e. The topological polar surface area (TPSA) is 163 Å². The lowest BCUT2D eigenvalue weighted by Gasteiger charge is -2.35. The van der Waals surface area contributed by atoms with E-state index in [1.807, 2.05) is 64.4 Å². The van der Waals surface area contributed by atoms with Gasteiger partial charge < -0.3 is 29.8 Å². The predicted octanol–water partition coefficient (Wildman–Crippen LogP) is 6.20. The quantitative estimate of drug-likeness (QED) is 0.169. The number of thiazole rings is 1. The zero-order valence-corrected chi connectivity index (χ0v) is 30.4. The van der Waals surface area contributed by atoms with Crippen LogP contribution < -0.4 is 16.0 Å². The van der Waals surface area contributed by atoms with E-state index in [0.29, 0.717) is 16.7 Å². The number of nitrogens with zero attached hydrogens (tertiary/aromatic N) is 2. The number of β-amino-alcohol motifs (C(OH)–C–C–N with tert-alkyl or cyclic N) is 1. The molecule has 2 aromatic carbocycles. The average molecular weight is 704 g/mol. The molecule has 0 spiro atoms. The van der Waals surface area contributed by atoms with E-state index in [4.69, 9.17) is 9.15 Å². The molecule has 13 heteroatoms. The minimum Gasteiger partial charge on any atom is -0.451 e. The number of anilines is 1. The first-order valence-electron chi connectivity index (χ1n) is 16.5. The Morgan fingerprint density at radius 2 is 1.72 bits per heavy atom. The molecule has 266 valence electrons. The number of aliphatic hydroxyl groups excluding tert-OH is 1. The molecule has 1 aliphatic rings. The highest BCUT2D eigenvalue weighted by atomic mass is 32.1. The first kappa shape index (κ1) is 36.5. The van der Waals surface area contributed by atoms with Crippen molar-refractivity contribution in [3.05, 3.63) is 71.1 Å². The summed E-state index contributed by atoms with van der Waals surface area (Å²) in [6, 6.07) is 12.0. The van der Waals surface area contributed by atoms with Crippen LogP contribution in [-0.2, 0) is 14.3 Å². The van der Waals surface area contributed by atoms with Crippen LogP contribution in [-0.4, -0.2) is 69.1 Å². The molecule has 1 saturated heterocycles. The number of rotatable bonds is 8. The number of hydrogen-bond donors (Lipinski definition) is 4. The Bertz CT molecular complexity index is 1890. The molecule has 50 heavy (non-hydrogen) atoms. The van der Waals surface area contributed by atoms with Gasteiger partial charge in [0.05, 0.1) is 28.2 Å². The van der Waals surface area contributed by atoms with Crippen LogP contribution in [0.1, 0.15) is 82.7 Å². The summed E-state index contributed by atoms with van der Waals surface area (Å²) in [6.07, 6.45) is -1.45. The minimum absolute atomic E-state index is 0.0300. The van der Waals surface area contributed by atoms with E-state index < -0.39 is 53.0 Å². The second-order valence-corrected chi connectivity index (χ2v) is 15.6. The maximum absolute atomic E-state index is 14.1. The monoisotopic (exact) mass is 703 g/mol. The van der Waals surface area contributed by atoms with Gasteiger partial charge in [-0.25, -0.2) is 9.78 Å². The van der Waals surface area contributed by atoms with Crippen molar-refractivity contribution in [3.8, 4) is 10.4 Å². The van der Waals surface area contributed by atoms with Crippen LogP contribution in [0.5, 0.6) is 0 Å². The van der Waals surface area contributed by atoms with Crippen molar-refractivity contribution in [1.82, 2.24) is 20.5 Å². The first-order valence-corrected chi connectivity index (χ1v) is 17.4. The predicted molar refractivity (Wildman–Crippen MR) is 192 cm³/mol. The van der Waals surface area contributed by atoms with Crippen LogP contribution >= 0.6 is 11.3 Å². The number of aryl methyl sites for hydroxylation is 1. The summed E-state index contributed by atoms with van der Waals surface area (Å²) < 4.78 is 11.1. The van der Waals surface area contributed by atoms with Gasteiger partial charge in [-0.2, -0.15) is 0 Å². The number of carbonyl (C=O) groups is 4. The van der Waals surface area contributed by atoms with E-state index in [1.165, 1.54) is 11.0 Å². The van der Waals surface area contributed by atoms with Crippen LogP contribution in [0, 0.1) is 12.3 Å². The Labute approximate surface area is 295 Å². The second kappa shape index (κ2) is 14.2. The molecule has 0 aliphatic carbocycles. The molecule has 4 aromatic rings. The van der Waals surface area contributed by atoms with Gasteiger partial charge in [-0.15, -0.1) is 11.3 Å². The summed E-state index contributed by atoms with van der Waals surface area (Å²) in [4.78, 5) is 60.2. The van der Waals surface area contributed by atoms with Gasteiger partial charge in [0.2, 0.25) is 11.8 Å². The van der Waals surface area contributed by atoms with Crippen LogP contribution in [0.4, 0.5) is 10.5 Å². The van der Waals surface area contributed by atoms with Crippen LogP contribution in [0.25, 0.3) is 21.4 Å². The molecular weight excluding hydrogens is 659 g/mol. The number of ether oxygens (including phenoxy) is 1. The number of amides is 4. The van der Waals surface area contributed by atoms with Crippen molar-refractivity contribution < 1.29 is 33.4 Å². The molecule has 1 fully saturated rings. The first-order chi connectivity index (χ1) is 23.4. The van der Waals surface area contributed by atoms with Crippen LogP contribution in [0.15, 0.2) is 58.5 Å². The fourth-order valence-corrected chi connectivity index (χ4v) is 6.68. The van der Waals surface area contributed by atoms with Crippen molar-refractivity contribution >= 4 is 51.8 Å². The van der Waals surface area contributed by atoms with Crippen LogP contribution in [0.2, 0.25) is 0 Å². The molecule has 4 N–H and O–H groups in total. The second-order valence-electron chi connectivity index (χ2n) is 14.8. The van der Waals surface area contributed by atoms with E-state index in [0.717, 1.165) is 21.7 Å². The van der Waals surface area contributed by atoms with E-state index in [2.05, 4.69) is 20.9 Å². The van der Waals surface area contributed by atoms with Gasteiger partial charge in [-0.1, -0.05) is 45.0 Å². The van der Waals surface area contributed by atoms with Gasteiger partial charge >= 0.3 is 6.09 Å². The Kier molecular flexibility index (Phi) is 10.4. The number of aliphatic hydroxyl groups is 1. The van der Waals surface area contributed by atoms with Crippen molar-refractivity contribution in [2.24, 2.45) is 5.41 Å². The molecule has 1 aliphatic heterocycles. The molecule has 12 nitrogen and oxygen atoms in total. The molecule has 4 amide bonds. The number of carbonyl (C=O) groups excluding carboxylic acids is 4. The summed E-state index contributed by atoms with van der Waals surface area (Å²) in [5, 5.41) is 19.7. The molecule has 0 radical (unpaired) electrons. The van der Waals surface area contributed by atoms with Gasteiger partial charge in [0.15, 0.2) is 5.76 Å². The fourth-order valence-electron chi connectivity index (χ4n) is 5.87. The average Bonchev–Trinajstić information content (AvgIpc) is 3.75. The zero-order chi connectivity index (χ0) is 36.5. The standard InChI is InChI=1S/C37H45N5O7S/c1-20(22-9-11-23(12-10-22)30-21(2)38-19-50-30)39-32(44)27-17-26(43)18-42(27)34(46)31(36(3,4)5)41-33(45)29-16-24-15-25(13-14-28(24)48-29)40-35(47)49-37(6,7)8/h9-16,19-20,26-27,31,43H,17-18H2,1-8H3,(H,39,44)(H,40,47)(H,41,45)/t20-,26+,27-,31?/m0/s1. The molecule has 1 unspecified atom stereocenters. The zero-order valence-electron chi connectivity index (χ0n) is 29.6. The van der Waals surface area contributed by atoms with E-state index >= 15 is 0 Å². The number of fused-ring (bicyclic) bond motifs is 1. The SMILES string of the molecule is Cc1ncsc1-c1ccc([C@H](C)NC(=O)[C@@H]2C[C@@H](O)CN2C(=O)C(NC(=O)c2cc3cc(NC(=O)OC(C)(C)C)ccc3o2)C(C)(C)C)cc1. The summed E-state index contributed by atoms with van der Waals surface area (Å²) in [6.45, 7) is 14.5. The molecular formula is C37H45N5O7S. The van der Waals surface area contributed by atoms with Gasteiger partial charge in [0.25, 0.3) is 5.91 Å². The minimum atomic E-state index is -1.05. The van der Waals surface area contributed by atoms with Crippen LogP contribution in [0.3, 0.4) is 0 Å². The number of likely N-dealkylation sites (tertiary alicyclic amines) is 1. The number of hydrogen-bond acceptors (Lipinski definition) is 9.